The second-order valence-corrected chi connectivity index (χ2v) is 5.68. The molecule has 7 heteroatoms. The topological polar surface area (TPSA) is 81.9 Å². The molecule has 0 bridgehead atoms. The van der Waals surface area contributed by atoms with Crippen LogP contribution in [0.4, 0.5) is 0 Å². The summed E-state index contributed by atoms with van der Waals surface area (Å²) < 4.78 is 15.8. The summed E-state index contributed by atoms with van der Waals surface area (Å²) in [7, 11) is 3.25. The summed E-state index contributed by atoms with van der Waals surface area (Å²) in [5.74, 6) is 0.932. The van der Waals surface area contributed by atoms with Crippen molar-refractivity contribution in [1.82, 2.24) is 9.88 Å². The summed E-state index contributed by atoms with van der Waals surface area (Å²) in [5.41, 5.74) is 0.695. The highest BCUT2D eigenvalue weighted by atomic mass is 16.5. The molecule has 3 rings (SSSR count). The lowest BCUT2D eigenvalue weighted by molar-refractivity contribution is -0.132. The van der Waals surface area contributed by atoms with Crippen molar-refractivity contribution in [3.63, 3.8) is 0 Å². The van der Waals surface area contributed by atoms with Crippen LogP contribution in [0.15, 0.2) is 57.9 Å². The monoisotopic (exact) mass is 354 g/mol. The highest BCUT2D eigenvalue weighted by molar-refractivity contribution is 5.79. The first-order chi connectivity index (χ1) is 12.5. The van der Waals surface area contributed by atoms with Crippen molar-refractivity contribution in [2.45, 2.75) is 6.54 Å². The van der Waals surface area contributed by atoms with E-state index in [9.17, 15) is 9.59 Å². The van der Waals surface area contributed by atoms with Crippen molar-refractivity contribution in [3.05, 3.63) is 64.8 Å². The van der Waals surface area contributed by atoms with Crippen LogP contribution in [0.25, 0.3) is 11.0 Å². The smallest absolute Gasteiger partial charge is 0.336 e. The van der Waals surface area contributed by atoms with Crippen molar-refractivity contribution >= 4 is 16.9 Å². The lowest BCUT2D eigenvalue weighted by Crippen LogP contribution is -2.31. The number of hydrogen-bond acceptors (Lipinski definition) is 6. The van der Waals surface area contributed by atoms with E-state index in [1.54, 1.807) is 56.8 Å². The Labute approximate surface area is 149 Å². The van der Waals surface area contributed by atoms with Gasteiger partial charge in [0.15, 0.2) is 6.61 Å². The number of carbonyl (C=O) groups excluding carboxylic acids is 1. The number of ether oxygens (including phenoxy) is 2. The lowest BCUT2D eigenvalue weighted by atomic mass is 10.2. The molecular weight excluding hydrogens is 336 g/mol. The highest BCUT2D eigenvalue weighted by Gasteiger charge is 2.12. The van der Waals surface area contributed by atoms with E-state index in [2.05, 4.69) is 4.98 Å². The number of amides is 1. The fourth-order valence-corrected chi connectivity index (χ4v) is 2.39. The molecule has 1 amide bonds. The van der Waals surface area contributed by atoms with Gasteiger partial charge in [-0.2, -0.15) is 0 Å². The molecule has 0 spiro atoms. The molecule has 0 aliphatic rings. The maximum atomic E-state index is 12.3. The van der Waals surface area contributed by atoms with Gasteiger partial charge in [0.05, 0.1) is 19.3 Å². The minimum Gasteiger partial charge on any atom is -0.497 e. The fourth-order valence-electron chi connectivity index (χ4n) is 2.39. The first kappa shape index (κ1) is 17.5. The van der Waals surface area contributed by atoms with Gasteiger partial charge >= 0.3 is 5.63 Å². The summed E-state index contributed by atoms with van der Waals surface area (Å²) in [5, 5.41) is 0.782. The molecular formula is C19H18N2O5. The van der Waals surface area contributed by atoms with Gasteiger partial charge in [-0.1, -0.05) is 0 Å². The van der Waals surface area contributed by atoms with Crippen LogP contribution in [0.3, 0.4) is 0 Å². The third kappa shape index (κ3) is 4.18. The fraction of sp³-hybridized carbons (Fsp3) is 0.211. The zero-order valence-electron chi connectivity index (χ0n) is 14.5. The van der Waals surface area contributed by atoms with Gasteiger partial charge in [0.25, 0.3) is 5.91 Å². The predicted molar refractivity (Wildman–Crippen MR) is 95.2 cm³/mol. The molecule has 0 unspecified atom stereocenters. The van der Waals surface area contributed by atoms with Gasteiger partial charge in [0, 0.05) is 36.8 Å². The number of rotatable bonds is 6. The van der Waals surface area contributed by atoms with E-state index in [1.807, 2.05) is 0 Å². The number of fused-ring (bicyclic) bond motifs is 1. The lowest BCUT2D eigenvalue weighted by Gasteiger charge is -2.17. The molecule has 3 aromatic rings. The van der Waals surface area contributed by atoms with Gasteiger partial charge in [-0.15, -0.1) is 0 Å². The molecule has 1 aromatic carbocycles. The largest absolute Gasteiger partial charge is 0.497 e. The molecule has 0 saturated heterocycles. The number of benzene rings is 1. The van der Waals surface area contributed by atoms with Crippen molar-refractivity contribution < 1.29 is 18.7 Å². The van der Waals surface area contributed by atoms with E-state index in [1.165, 1.54) is 11.0 Å². The van der Waals surface area contributed by atoms with E-state index in [-0.39, 0.29) is 12.5 Å². The summed E-state index contributed by atoms with van der Waals surface area (Å²) in [6.45, 7) is 0.203. The van der Waals surface area contributed by atoms with Crippen LogP contribution >= 0.6 is 0 Å². The average Bonchev–Trinajstić information content (AvgIpc) is 2.65. The van der Waals surface area contributed by atoms with Crippen LogP contribution in [0.5, 0.6) is 11.5 Å². The van der Waals surface area contributed by atoms with Crippen LogP contribution in [-0.4, -0.2) is 36.6 Å². The maximum absolute atomic E-state index is 12.3. The quantitative estimate of drug-likeness (QED) is 0.632. The average molecular weight is 354 g/mol. The second-order valence-electron chi connectivity index (χ2n) is 5.68. The van der Waals surface area contributed by atoms with E-state index < -0.39 is 5.63 Å². The Bertz CT molecular complexity index is 983. The number of methoxy groups -OCH3 is 1. The van der Waals surface area contributed by atoms with Gasteiger partial charge in [0.2, 0.25) is 0 Å². The Morgan fingerprint density at radius 3 is 2.77 bits per heavy atom. The SMILES string of the molecule is COc1ccnc(CN(C)C(=O)COc2ccc3ccc(=O)oc3c2)c1. The van der Waals surface area contributed by atoms with Crippen LogP contribution in [0, 0.1) is 0 Å². The summed E-state index contributed by atoms with van der Waals surface area (Å²) >= 11 is 0. The molecule has 2 heterocycles. The van der Waals surface area contributed by atoms with Gasteiger partial charge in [0.1, 0.15) is 17.1 Å². The molecule has 7 nitrogen and oxygen atoms in total. The molecule has 0 saturated carbocycles. The van der Waals surface area contributed by atoms with Crippen LogP contribution < -0.4 is 15.1 Å². The van der Waals surface area contributed by atoms with Gasteiger partial charge in [-0.05, 0) is 24.3 Å². The Morgan fingerprint density at radius 2 is 1.96 bits per heavy atom. The summed E-state index contributed by atoms with van der Waals surface area (Å²) in [6.07, 6.45) is 1.63. The van der Waals surface area contributed by atoms with E-state index in [4.69, 9.17) is 13.9 Å². The third-order valence-corrected chi connectivity index (χ3v) is 3.81. The molecule has 134 valence electrons. The molecule has 0 N–H and O–H groups in total. The molecule has 0 aliphatic carbocycles. The van der Waals surface area contributed by atoms with Crippen LogP contribution in [0.2, 0.25) is 0 Å². The van der Waals surface area contributed by atoms with E-state index in [0.717, 1.165) is 5.39 Å². The zero-order chi connectivity index (χ0) is 18.5. The minimum atomic E-state index is -0.434. The standard InChI is InChI=1S/C19H18N2O5/c1-21(11-14-9-15(24-2)7-8-20-14)18(22)12-25-16-5-3-13-4-6-19(23)26-17(13)10-16/h3-10H,11-12H2,1-2H3. The van der Waals surface area contributed by atoms with E-state index in [0.29, 0.717) is 29.3 Å². The van der Waals surface area contributed by atoms with Gasteiger partial charge in [-0.25, -0.2) is 4.79 Å². The Kier molecular flexibility index (Phi) is 5.17. The van der Waals surface area contributed by atoms with Crippen molar-refractivity contribution in [2.75, 3.05) is 20.8 Å². The molecule has 0 fully saturated rings. The van der Waals surface area contributed by atoms with E-state index >= 15 is 0 Å². The maximum Gasteiger partial charge on any atom is 0.336 e. The molecule has 26 heavy (non-hydrogen) atoms. The number of likely N-dealkylation sites (N-methyl/N-ethyl adjacent to an activating group) is 1. The first-order valence-corrected chi connectivity index (χ1v) is 7.95. The number of carbonyl (C=O) groups is 1. The normalized spacial score (nSPS) is 10.5. The molecule has 0 radical (unpaired) electrons. The summed E-state index contributed by atoms with van der Waals surface area (Å²) in [6, 6.07) is 11.6. The molecule has 2 aromatic heterocycles. The molecule has 0 aliphatic heterocycles. The number of hydrogen-bond donors (Lipinski definition) is 0. The third-order valence-electron chi connectivity index (χ3n) is 3.81. The Hall–Kier alpha value is -3.35. The van der Waals surface area contributed by atoms with Gasteiger partial charge < -0.3 is 18.8 Å². The van der Waals surface area contributed by atoms with Crippen molar-refractivity contribution in [2.24, 2.45) is 0 Å². The van der Waals surface area contributed by atoms with Crippen molar-refractivity contribution in [3.8, 4) is 11.5 Å². The first-order valence-electron chi connectivity index (χ1n) is 7.95. The zero-order valence-corrected chi connectivity index (χ0v) is 14.5. The molecule has 0 atom stereocenters. The van der Waals surface area contributed by atoms with Crippen LogP contribution in [0.1, 0.15) is 5.69 Å². The van der Waals surface area contributed by atoms with Gasteiger partial charge in [-0.3, -0.25) is 9.78 Å². The van der Waals surface area contributed by atoms with Crippen molar-refractivity contribution in [1.29, 1.82) is 0 Å². The van der Waals surface area contributed by atoms with Crippen LogP contribution in [-0.2, 0) is 11.3 Å². The Morgan fingerprint density at radius 1 is 1.15 bits per heavy atom. The number of nitrogens with zero attached hydrogens (tertiary/aromatic N) is 2. The summed E-state index contributed by atoms with van der Waals surface area (Å²) in [4.78, 5) is 29.3. The second kappa shape index (κ2) is 7.69. The predicted octanol–water partition coefficient (Wildman–Crippen LogP) is 2.23. The number of aromatic nitrogens is 1. The minimum absolute atomic E-state index is 0.136. The number of pyridine rings is 1. The Balaban J connectivity index is 1.61. The highest BCUT2D eigenvalue weighted by Crippen LogP contribution is 2.19.